The lowest BCUT2D eigenvalue weighted by Gasteiger charge is -2.13. The number of aryl methyl sites for hydroxylation is 1. The first-order valence-electron chi connectivity index (χ1n) is 7.23. The number of sulfonamides is 1. The third-order valence-electron chi connectivity index (χ3n) is 3.16. The second-order valence-electron chi connectivity index (χ2n) is 5.39. The van der Waals surface area contributed by atoms with E-state index in [2.05, 4.69) is 10.5 Å². The molecular formula is C15H16ClN3O6S. The normalized spacial score (nSPS) is 11.4. The third-order valence-corrected chi connectivity index (χ3v) is 5.30. The predicted octanol–water partition coefficient (Wildman–Crippen LogP) is 1.68. The molecule has 2 aromatic rings. The fourth-order valence-electron chi connectivity index (χ4n) is 1.84. The summed E-state index contributed by atoms with van der Waals surface area (Å²) in [6.45, 7) is 1.06. The van der Waals surface area contributed by atoms with Gasteiger partial charge in [-0.3, -0.25) is 10.1 Å². The maximum atomic E-state index is 12.1. The molecule has 2 rings (SSSR count). The highest BCUT2D eigenvalue weighted by atomic mass is 35.5. The van der Waals surface area contributed by atoms with Crippen molar-refractivity contribution in [1.29, 1.82) is 0 Å². The number of nitrogens with zero attached hydrogens (tertiary/aromatic N) is 2. The van der Waals surface area contributed by atoms with Gasteiger partial charge in [-0.25, -0.2) is 17.5 Å². The van der Waals surface area contributed by atoms with Crippen LogP contribution in [0.3, 0.4) is 0 Å². The molecule has 1 amide bonds. The Balaban J connectivity index is 2.08. The van der Waals surface area contributed by atoms with Crippen LogP contribution in [0.1, 0.15) is 16.1 Å². The van der Waals surface area contributed by atoms with Crippen LogP contribution in [-0.2, 0) is 19.6 Å². The molecule has 26 heavy (non-hydrogen) atoms. The number of benzene rings is 1. The molecule has 1 aromatic heterocycles. The van der Waals surface area contributed by atoms with Crippen LogP contribution in [0.15, 0.2) is 33.7 Å². The van der Waals surface area contributed by atoms with Gasteiger partial charge in [0.25, 0.3) is 5.91 Å². The van der Waals surface area contributed by atoms with Crippen LogP contribution in [0.4, 0.5) is 5.88 Å². The molecule has 0 bridgehead atoms. The Labute approximate surface area is 154 Å². The van der Waals surface area contributed by atoms with Crippen LogP contribution in [0.25, 0.3) is 0 Å². The zero-order valence-electron chi connectivity index (χ0n) is 14.1. The maximum Gasteiger partial charge on any atom is 0.340 e. The molecule has 11 heteroatoms. The molecule has 1 heterocycles. The standard InChI is InChI=1S/C15H16ClN3O6S/c1-9-6-14(25-18-9)17-13(20)8-24-15(21)11-7-10(4-5-12(11)16)26(22,23)19(2)3/h4-7H,8H2,1-3H3,(H,17,20). The highest BCUT2D eigenvalue weighted by molar-refractivity contribution is 7.89. The smallest absolute Gasteiger partial charge is 0.340 e. The monoisotopic (exact) mass is 401 g/mol. The Hall–Kier alpha value is -2.43. The van der Waals surface area contributed by atoms with Crippen LogP contribution in [-0.4, -0.2) is 50.5 Å². The first-order chi connectivity index (χ1) is 12.1. The van der Waals surface area contributed by atoms with E-state index in [9.17, 15) is 18.0 Å². The lowest BCUT2D eigenvalue weighted by Crippen LogP contribution is -2.23. The van der Waals surface area contributed by atoms with Crippen LogP contribution >= 0.6 is 11.6 Å². The maximum absolute atomic E-state index is 12.1. The number of nitrogens with one attached hydrogen (secondary N) is 1. The minimum absolute atomic E-state index is 0.000950. The number of anilines is 1. The van der Waals surface area contributed by atoms with E-state index in [-0.39, 0.29) is 21.4 Å². The number of hydrogen-bond acceptors (Lipinski definition) is 7. The number of amides is 1. The summed E-state index contributed by atoms with van der Waals surface area (Å²) in [5, 5.41) is 5.95. The predicted molar refractivity (Wildman–Crippen MR) is 92.5 cm³/mol. The summed E-state index contributed by atoms with van der Waals surface area (Å²) < 4.78 is 35.0. The largest absolute Gasteiger partial charge is 0.452 e. The SMILES string of the molecule is Cc1cc(NC(=O)COC(=O)c2cc(S(=O)(=O)N(C)C)ccc2Cl)on1. The van der Waals surface area contributed by atoms with Gasteiger partial charge in [0.05, 0.1) is 21.2 Å². The van der Waals surface area contributed by atoms with E-state index in [1.165, 1.54) is 32.3 Å². The Morgan fingerprint density at radius 1 is 1.31 bits per heavy atom. The first-order valence-corrected chi connectivity index (χ1v) is 9.05. The van der Waals surface area contributed by atoms with Crippen molar-refractivity contribution in [2.24, 2.45) is 0 Å². The van der Waals surface area contributed by atoms with E-state index in [0.717, 1.165) is 10.4 Å². The molecule has 1 aromatic carbocycles. The molecular weight excluding hydrogens is 386 g/mol. The second-order valence-corrected chi connectivity index (χ2v) is 7.94. The average Bonchev–Trinajstić information content (AvgIpc) is 2.97. The quantitative estimate of drug-likeness (QED) is 0.731. The minimum atomic E-state index is -3.75. The van der Waals surface area contributed by atoms with Crippen molar-refractivity contribution in [3.63, 3.8) is 0 Å². The van der Waals surface area contributed by atoms with Gasteiger partial charge in [0.2, 0.25) is 15.9 Å². The van der Waals surface area contributed by atoms with E-state index in [0.29, 0.717) is 5.69 Å². The van der Waals surface area contributed by atoms with Gasteiger partial charge in [0, 0.05) is 20.2 Å². The van der Waals surface area contributed by atoms with Gasteiger partial charge in [0.15, 0.2) is 6.61 Å². The lowest BCUT2D eigenvalue weighted by atomic mass is 10.2. The molecule has 0 radical (unpaired) electrons. The highest BCUT2D eigenvalue weighted by Gasteiger charge is 2.22. The van der Waals surface area contributed by atoms with Crippen molar-refractivity contribution in [2.45, 2.75) is 11.8 Å². The van der Waals surface area contributed by atoms with E-state index in [1.807, 2.05) is 0 Å². The Morgan fingerprint density at radius 2 is 2.00 bits per heavy atom. The fourth-order valence-corrected chi connectivity index (χ4v) is 2.96. The average molecular weight is 402 g/mol. The molecule has 0 aliphatic heterocycles. The molecule has 0 fully saturated rings. The van der Waals surface area contributed by atoms with Gasteiger partial charge in [-0.05, 0) is 25.1 Å². The van der Waals surface area contributed by atoms with Crippen LogP contribution in [0, 0.1) is 6.92 Å². The summed E-state index contributed by atoms with van der Waals surface area (Å²) >= 11 is 5.94. The highest BCUT2D eigenvalue weighted by Crippen LogP contribution is 2.23. The van der Waals surface area contributed by atoms with Crippen molar-refractivity contribution in [2.75, 3.05) is 26.0 Å². The molecule has 0 aliphatic carbocycles. The summed E-state index contributed by atoms with van der Waals surface area (Å²) in [7, 11) is -1.03. The van der Waals surface area contributed by atoms with Crippen molar-refractivity contribution >= 4 is 39.4 Å². The number of rotatable bonds is 6. The van der Waals surface area contributed by atoms with Crippen LogP contribution < -0.4 is 5.32 Å². The zero-order chi connectivity index (χ0) is 19.5. The number of hydrogen-bond donors (Lipinski definition) is 1. The number of carbonyl (C=O) groups excluding carboxylic acids is 2. The molecule has 9 nitrogen and oxygen atoms in total. The van der Waals surface area contributed by atoms with Gasteiger partial charge >= 0.3 is 5.97 Å². The Bertz CT molecular complexity index is 939. The Kier molecular flexibility index (Phi) is 6.01. The first kappa shape index (κ1) is 19.9. The zero-order valence-corrected chi connectivity index (χ0v) is 15.7. The van der Waals surface area contributed by atoms with Crippen molar-refractivity contribution in [1.82, 2.24) is 9.46 Å². The third kappa shape index (κ3) is 4.59. The molecule has 140 valence electrons. The van der Waals surface area contributed by atoms with E-state index < -0.39 is 28.5 Å². The van der Waals surface area contributed by atoms with Crippen molar-refractivity contribution in [3.05, 3.63) is 40.5 Å². The van der Waals surface area contributed by atoms with Gasteiger partial charge in [-0.1, -0.05) is 16.8 Å². The summed E-state index contributed by atoms with van der Waals surface area (Å²) in [5.41, 5.74) is 0.404. The number of carbonyl (C=O) groups is 2. The number of esters is 1. The molecule has 0 saturated heterocycles. The van der Waals surface area contributed by atoms with Gasteiger partial charge in [0.1, 0.15) is 0 Å². The summed E-state index contributed by atoms with van der Waals surface area (Å²) in [5.74, 6) is -1.47. The van der Waals surface area contributed by atoms with E-state index >= 15 is 0 Å². The van der Waals surface area contributed by atoms with Gasteiger partial charge in [-0.15, -0.1) is 0 Å². The van der Waals surface area contributed by atoms with Crippen LogP contribution in [0.5, 0.6) is 0 Å². The minimum Gasteiger partial charge on any atom is -0.452 e. The molecule has 0 spiro atoms. The molecule has 0 aliphatic rings. The van der Waals surface area contributed by atoms with Crippen molar-refractivity contribution < 1.29 is 27.3 Å². The molecule has 1 N–H and O–H groups in total. The number of ether oxygens (including phenoxy) is 1. The Morgan fingerprint density at radius 3 is 2.58 bits per heavy atom. The fraction of sp³-hybridized carbons (Fsp3) is 0.267. The van der Waals surface area contributed by atoms with Crippen molar-refractivity contribution in [3.8, 4) is 0 Å². The van der Waals surface area contributed by atoms with Gasteiger partial charge in [-0.2, -0.15) is 0 Å². The van der Waals surface area contributed by atoms with Gasteiger partial charge < -0.3 is 9.26 Å². The summed E-state index contributed by atoms with van der Waals surface area (Å²) in [6.07, 6.45) is 0. The number of halogens is 1. The molecule has 0 saturated carbocycles. The van der Waals surface area contributed by atoms with E-state index in [4.69, 9.17) is 20.9 Å². The second kappa shape index (κ2) is 7.85. The van der Waals surface area contributed by atoms with E-state index in [1.54, 1.807) is 6.92 Å². The van der Waals surface area contributed by atoms with Crippen LogP contribution in [0.2, 0.25) is 5.02 Å². The summed E-state index contributed by atoms with van der Waals surface area (Å²) in [6, 6.07) is 5.13. The molecule has 0 atom stereocenters. The molecule has 0 unspecified atom stereocenters. The lowest BCUT2D eigenvalue weighted by molar-refractivity contribution is -0.119. The topological polar surface area (TPSA) is 119 Å². The number of aromatic nitrogens is 1. The summed E-state index contributed by atoms with van der Waals surface area (Å²) in [4.78, 5) is 23.8.